The molecule has 0 saturated heterocycles. The van der Waals surface area contributed by atoms with E-state index in [1.807, 2.05) is 67.8 Å². The van der Waals surface area contributed by atoms with Crippen molar-refractivity contribution >= 4 is 11.6 Å². The summed E-state index contributed by atoms with van der Waals surface area (Å²) in [4.78, 5) is 0. The van der Waals surface area contributed by atoms with Crippen LogP contribution >= 0.6 is 11.6 Å². The second-order valence-corrected chi connectivity index (χ2v) is 6.38. The van der Waals surface area contributed by atoms with E-state index in [4.69, 9.17) is 16.7 Å². The zero-order valence-corrected chi connectivity index (χ0v) is 14.7. The van der Waals surface area contributed by atoms with Crippen molar-refractivity contribution in [3.63, 3.8) is 0 Å². The molecule has 0 bridgehead atoms. The lowest BCUT2D eigenvalue weighted by molar-refractivity contribution is 0.697. The molecule has 3 heterocycles. The fourth-order valence-electron chi connectivity index (χ4n) is 2.81. The van der Waals surface area contributed by atoms with Gasteiger partial charge in [0.05, 0.1) is 30.3 Å². The lowest BCUT2D eigenvalue weighted by Crippen LogP contribution is -2.04. The molecule has 126 valence electrons. The van der Waals surface area contributed by atoms with Crippen LogP contribution in [0.2, 0.25) is 5.02 Å². The van der Waals surface area contributed by atoms with Crippen LogP contribution in [0.25, 0.3) is 22.5 Å². The molecule has 3 aromatic heterocycles. The van der Waals surface area contributed by atoms with Gasteiger partial charge in [-0.1, -0.05) is 29.8 Å². The minimum Gasteiger partial charge on any atom is -0.275 e. The summed E-state index contributed by atoms with van der Waals surface area (Å²) in [6, 6.07) is 9.88. The first kappa shape index (κ1) is 15.7. The summed E-state index contributed by atoms with van der Waals surface area (Å²) < 4.78 is 5.51. The molecule has 0 radical (unpaired) electrons. The standard InChI is InChI=1S/C18H17ClN6/c1-23-10-14(8-20-23)17-7-18(15-9-21-24(2)11-15)25(22-17)12-13-5-3-4-6-16(13)19/h3-11H,12H2,1-2H3. The highest BCUT2D eigenvalue weighted by Gasteiger charge is 2.15. The lowest BCUT2D eigenvalue weighted by atomic mass is 10.2. The molecule has 0 spiro atoms. The third kappa shape index (κ3) is 3.08. The zero-order chi connectivity index (χ0) is 17.4. The van der Waals surface area contributed by atoms with E-state index in [-0.39, 0.29) is 0 Å². The first-order valence-electron chi connectivity index (χ1n) is 7.89. The molecule has 0 N–H and O–H groups in total. The highest BCUT2D eigenvalue weighted by molar-refractivity contribution is 6.31. The second kappa shape index (κ2) is 6.22. The summed E-state index contributed by atoms with van der Waals surface area (Å²) in [5.41, 5.74) is 4.88. The molecule has 6 nitrogen and oxygen atoms in total. The molecule has 0 amide bonds. The number of benzene rings is 1. The van der Waals surface area contributed by atoms with E-state index in [9.17, 15) is 0 Å². The topological polar surface area (TPSA) is 53.5 Å². The number of rotatable bonds is 4. The molecule has 0 atom stereocenters. The van der Waals surface area contributed by atoms with Crippen molar-refractivity contribution in [2.75, 3.05) is 0 Å². The number of nitrogens with zero attached hydrogens (tertiary/aromatic N) is 6. The summed E-state index contributed by atoms with van der Waals surface area (Å²) in [7, 11) is 3.80. The van der Waals surface area contributed by atoms with Crippen molar-refractivity contribution in [2.24, 2.45) is 14.1 Å². The average Bonchev–Trinajstić information content (AvgIpc) is 3.29. The molecule has 0 unspecified atom stereocenters. The second-order valence-electron chi connectivity index (χ2n) is 5.97. The Bertz CT molecular complexity index is 1030. The average molecular weight is 353 g/mol. The molecule has 0 aliphatic rings. The largest absolute Gasteiger partial charge is 0.275 e. The molecule has 0 fully saturated rings. The summed E-state index contributed by atoms with van der Waals surface area (Å²) in [6.45, 7) is 0.587. The molecule has 0 saturated carbocycles. The smallest absolute Gasteiger partial charge is 0.0961 e. The van der Waals surface area contributed by atoms with E-state index in [2.05, 4.69) is 16.3 Å². The van der Waals surface area contributed by atoms with E-state index in [1.54, 1.807) is 9.36 Å². The molecule has 1 aromatic carbocycles. The molecule has 0 aliphatic heterocycles. The van der Waals surface area contributed by atoms with E-state index in [1.165, 1.54) is 0 Å². The Morgan fingerprint density at radius 3 is 2.28 bits per heavy atom. The summed E-state index contributed by atoms with van der Waals surface area (Å²) in [5.74, 6) is 0. The van der Waals surface area contributed by atoms with Crippen LogP contribution in [0.1, 0.15) is 5.56 Å². The number of halogens is 1. The van der Waals surface area contributed by atoms with Crippen molar-refractivity contribution in [1.82, 2.24) is 29.3 Å². The van der Waals surface area contributed by atoms with Gasteiger partial charge in [0.15, 0.2) is 0 Å². The van der Waals surface area contributed by atoms with Crippen LogP contribution in [0.3, 0.4) is 0 Å². The molecule has 4 rings (SSSR count). The quantitative estimate of drug-likeness (QED) is 0.565. The summed E-state index contributed by atoms with van der Waals surface area (Å²) in [6.07, 6.45) is 7.59. The van der Waals surface area contributed by atoms with Gasteiger partial charge in [-0.15, -0.1) is 0 Å². The van der Waals surface area contributed by atoms with E-state index in [0.717, 1.165) is 33.1 Å². The monoisotopic (exact) mass is 352 g/mol. The Hall–Kier alpha value is -2.86. The zero-order valence-electron chi connectivity index (χ0n) is 14.0. The fourth-order valence-corrected chi connectivity index (χ4v) is 3.00. The summed E-state index contributed by atoms with van der Waals surface area (Å²) >= 11 is 6.33. The normalized spacial score (nSPS) is 11.2. The van der Waals surface area contributed by atoms with Gasteiger partial charge in [0.2, 0.25) is 0 Å². The predicted molar refractivity (Wildman–Crippen MR) is 97.2 cm³/mol. The van der Waals surface area contributed by atoms with Crippen molar-refractivity contribution in [2.45, 2.75) is 6.54 Å². The lowest BCUT2D eigenvalue weighted by Gasteiger charge is -2.07. The van der Waals surface area contributed by atoms with Gasteiger partial charge < -0.3 is 0 Å². The van der Waals surface area contributed by atoms with Gasteiger partial charge in [0, 0.05) is 42.6 Å². The van der Waals surface area contributed by atoms with Crippen molar-refractivity contribution in [3.05, 3.63) is 65.7 Å². The van der Waals surface area contributed by atoms with Gasteiger partial charge in [-0.05, 0) is 17.7 Å². The maximum absolute atomic E-state index is 6.33. The Kier molecular flexibility index (Phi) is 3.89. The van der Waals surface area contributed by atoms with Crippen LogP contribution in [-0.4, -0.2) is 29.3 Å². The van der Waals surface area contributed by atoms with Crippen LogP contribution in [0.15, 0.2) is 55.1 Å². The Balaban J connectivity index is 1.80. The highest BCUT2D eigenvalue weighted by atomic mass is 35.5. The Labute approximate surface area is 150 Å². The highest BCUT2D eigenvalue weighted by Crippen LogP contribution is 2.27. The van der Waals surface area contributed by atoms with Gasteiger partial charge in [0.25, 0.3) is 0 Å². The third-order valence-electron chi connectivity index (χ3n) is 4.06. The first-order chi connectivity index (χ1) is 12.1. The number of aromatic nitrogens is 6. The number of aryl methyl sites for hydroxylation is 2. The van der Waals surface area contributed by atoms with Crippen molar-refractivity contribution < 1.29 is 0 Å². The maximum atomic E-state index is 6.33. The number of hydrogen-bond donors (Lipinski definition) is 0. The van der Waals surface area contributed by atoms with Crippen LogP contribution in [0.5, 0.6) is 0 Å². The van der Waals surface area contributed by atoms with Gasteiger partial charge >= 0.3 is 0 Å². The Morgan fingerprint density at radius 1 is 0.960 bits per heavy atom. The van der Waals surface area contributed by atoms with E-state index in [0.29, 0.717) is 6.54 Å². The first-order valence-corrected chi connectivity index (χ1v) is 8.27. The number of hydrogen-bond acceptors (Lipinski definition) is 3. The molecule has 7 heteroatoms. The minimum absolute atomic E-state index is 0.587. The fraction of sp³-hybridized carbons (Fsp3) is 0.167. The van der Waals surface area contributed by atoms with Crippen LogP contribution < -0.4 is 0 Å². The van der Waals surface area contributed by atoms with Gasteiger partial charge in [-0.3, -0.25) is 14.0 Å². The van der Waals surface area contributed by atoms with Crippen molar-refractivity contribution in [3.8, 4) is 22.5 Å². The SMILES string of the molecule is Cn1cc(-c2cc(-c3cnn(C)c3)n(Cc3ccccc3Cl)n2)cn1. The van der Waals surface area contributed by atoms with Crippen LogP contribution in [-0.2, 0) is 20.6 Å². The maximum Gasteiger partial charge on any atom is 0.0961 e. The molecule has 0 aliphatic carbocycles. The molecule has 25 heavy (non-hydrogen) atoms. The van der Waals surface area contributed by atoms with Crippen molar-refractivity contribution in [1.29, 1.82) is 0 Å². The molecular weight excluding hydrogens is 336 g/mol. The van der Waals surface area contributed by atoms with E-state index >= 15 is 0 Å². The van der Waals surface area contributed by atoms with Gasteiger partial charge in [-0.25, -0.2) is 0 Å². The molecular formula is C18H17ClN6. The van der Waals surface area contributed by atoms with Gasteiger partial charge in [0.1, 0.15) is 0 Å². The van der Waals surface area contributed by atoms with E-state index < -0.39 is 0 Å². The molecule has 4 aromatic rings. The summed E-state index contributed by atoms with van der Waals surface area (Å²) in [5, 5.41) is 14.0. The van der Waals surface area contributed by atoms with Gasteiger partial charge in [-0.2, -0.15) is 15.3 Å². The van der Waals surface area contributed by atoms with Crippen LogP contribution in [0.4, 0.5) is 0 Å². The Morgan fingerprint density at radius 2 is 1.64 bits per heavy atom. The third-order valence-corrected chi connectivity index (χ3v) is 4.43. The predicted octanol–water partition coefficient (Wildman–Crippen LogP) is 3.39. The van der Waals surface area contributed by atoms with Crippen LogP contribution in [0, 0.1) is 0 Å². The minimum atomic E-state index is 0.587.